The second-order valence-electron chi connectivity index (χ2n) is 6.10. The number of amides is 3. The van der Waals surface area contributed by atoms with E-state index < -0.39 is 17.2 Å². The summed E-state index contributed by atoms with van der Waals surface area (Å²) in [6.07, 6.45) is 1.81. The highest BCUT2D eigenvalue weighted by Crippen LogP contribution is 2.36. The number of benzene rings is 2. The van der Waals surface area contributed by atoms with Crippen molar-refractivity contribution >= 4 is 34.6 Å². The standard InChI is InChI=1S/C20H17N5O3S/c1-21-19(27)23-17(26)16(12-7-3-2-4-8-12)29-20-25-24-18(28-20)14-11-22-15-10-6-5-9-13(14)15/h2-11,16,22H,1H3,(H2,21,23,26,27)/t16-/m0/s1. The fourth-order valence-electron chi connectivity index (χ4n) is 2.86. The van der Waals surface area contributed by atoms with E-state index in [2.05, 4.69) is 25.8 Å². The van der Waals surface area contributed by atoms with Gasteiger partial charge in [0.15, 0.2) is 0 Å². The first-order chi connectivity index (χ1) is 14.2. The van der Waals surface area contributed by atoms with Gasteiger partial charge in [-0.1, -0.05) is 48.5 Å². The number of aromatic nitrogens is 3. The van der Waals surface area contributed by atoms with Gasteiger partial charge in [-0.2, -0.15) is 0 Å². The summed E-state index contributed by atoms with van der Waals surface area (Å²) >= 11 is 1.08. The van der Waals surface area contributed by atoms with Gasteiger partial charge in [-0.25, -0.2) is 4.79 Å². The highest BCUT2D eigenvalue weighted by atomic mass is 32.2. The van der Waals surface area contributed by atoms with E-state index in [9.17, 15) is 9.59 Å². The Balaban J connectivity index is 1.61. The largest absolute Gasteiger partial charge is 0.411 e. The molecule has 2 heterocycles. The molecule has 3 N–H and O–H groups in total. The highest BCUT2D eigenvalue weighted by molar-refractivity contribution is 8.00. The highest BCUT2D eigenvalue weighted by Gasteiger charge is 2.26. The van der Waals surface area contributed by atoms with E-state index in [1.165, 1.54) is 7.05 Å². The monoisotopic (exact) mass is 407 g/mol. The van der Waals surface area contributed by atoms with Gasteiger partial charge < -0.3 is 14.7 Å². The molecule has 0 radical (unpaired) electrons. The fourth-order valence-corrected chi connectivity index (χ4v) is 3.73. The van der Waals surface area contributed by atoms with Crippen molar-refractivity contribution in [1.29, 1.82) is 0 Å². The number of fused-ring (bicyclic) bond motifs is 1. The van der Waals surface area contributed by atoms with Crippen molar-refractivity contribution in [3.05, 3.63) is 66.4 Å². The number of urea groups is 1. The molecule has 9 heteroatoms. The van der Waals surface area contributed by atoms with Gasteiger partial charge in [0.2, 0.25) is 5.91 Å². The van der Waals surface area contributed by atoms with Crippen LogP contribution in [-0.2, 0) is 4.79 Å². The van der Waals surface area contributed by atoms with Crippen LogP contribution in [0.1, 0.15) is 10.8 Å². The summed E-state index contributed by atoms with van der Waals surface area (Å²) in [6.45, 7) is 0. The fraction of sp³-hybridized carbons (Fsp3) is 0.100. The Kier molecular flexibility index (Phi) is 5.30. The number of carbonyl (C=O) groups is 2. The van der Waals surface area contributed by atoms with Crippen LogP contribution in [0.3, 0.4) is 0 Å². The maximum Gasteiger partial charge on any atom is 0.321 e. The van der Waals surface area contributed by atoms with Crippen molar-refractivity contribution < 1.29 is 14.0 Å². The van der Waals surface area contributed by atoms with E-state index in [0.29, 0.717) is 11.5 Å². The van der Waals surface area contributed by atoms with Gasteiger partial charge in [0, 0.05) is 24.1 Å². The van der Waals surface area contributed by atoms with Crippen molar-refractivity contribution in [2.24, 2.45) is 0 Å². The molecule has 3 amide bonds. The smallest absolute Gasteiger partial charge is 0.321 e. The summed E-state index contributed by atoms with van der Waals surface area (Å²) in [5.41, 5.74) is 2.46. The summed E-state index contributed by atoms with van der Waals surface area (Å²) in [5, 5.41) is 13.3. The minimum atomic E-state index is -0.732. The number of hydrogen-bond donors (Lipinski definition) is 3. The molecule has 29 heavy (non-hydrogen) atoms. The number of nitrogens with zero attached hydrogens (tertiary/aromatic N) is 2. The first-order valence-electron chi connectivity index (χ1n) is 8.80. The van der Waals surface area contributed by atoms with Crippen LogP contribution >= 0.6 is 11.8 Å². The molecule has 0 aliphatic rings. The van der Waals surface area contributed by atoms with Crippen molar-refractivity contribution in [2.75, 3.05) is 7.05 Å². The molecule has 4 rings (SSSR count). The van der Waals surface area contributed by atoms with Crippen molar-refractivity contribution in [3.8, 4) is 11.5 Å². The summed E-state index contributed by atoms with van der Waals surface area (Å²) in [4.78, 5) is 27.4. The molecule has 0 spiro atoms. The Morgan fingerprint density at radius 3 is 2.62 bits per heavy atom. The van der Waals surface area contributed by atoms with Gasteiger partial charge in [0.25, 0.3) is 11.1 Å². The predicted molar refractivity (Wildman–Crippen MR) is 109 cm³/mol. The lowest BCUT2D eigenvalue weighted by Crippen LogP contribution is -2.39. The molecule has 0 bridgehead atoms. The molecule has 0 fully saturated rings. The summed E-state index contributed by atoms with van der Waals surface area (Å²) in [6, 6.07) is 16.3. The maximum absolute atomic E-state index is 12.6. The third-order valence-electron chi connectivity index (χ3n) is 4.25. The van der Waals surface area contributed by atoms with Crippen LogP contribution in [-0.4, -0.2) is 34.2 Å². The number of rotatable bonds is 5. The van der Waals surface area contributed by atoms with Gasteiger partial charge >= 0.3 is 6.03 Å². The summed E-state index contributed by atoms with van der Waals surface area (Å²) in [7, 11) is 1.44. The summed E-state index contributed by atoms with van der Waals surface area (Å²) < 4.78 is 5.81. The first-order valence-corrected chi connectivity index (χ1v) is 9.68. The second kappa shape index (κ2) is 8.19. The topological polar surface area (TPSA) is 113 Å². The Hall–Kier alpha value is -3.59. The Morgan fingerprint density at radius 1 is 1.07 bits per heavy atom. The lowest BCUT2D eigenvalue weighted by atomic mass is 10.1. The molecular formula is C20H17N5O3S. The number of hydrogen-bond acceptors (Lipinski definition) is 6. The molecule has 8 nitrogen and oxygen atoms in total. The van der Waals surface area contributed by atoms with E-state index in [0.717, 1.165) is 28.2 Å². The lowest BCUT2D eigenvalue weighted by Gasteiger charge is -2.14. The molecule has 2 aromatic carbocycles. The predicted octanol–water partition coefficient (Wildman–Crippen LogP) is 3.51. The van der Waals surface area contributed by atoms with Crippen LogP contribution in [0.15, 0.2) is 70.4 Å². The molecule has 0 aliphatic carbocycles. The third-order valence-corrected chi connectivity index (χ3v) is 5.34. The second-order valence-corrected chi connectivity index (χ2v) is 7.15. The van der Waals surface area contributed by atoms with Gasteiger partial charge in [0.05, 0.1) is 5.56 Å². The molecule has 0 saturated heterocycles. The normalized spacial score (nSPS) is 11.9. The number of carbonyl (C=O) groups excluding carboxylic acids is 2. The number of imide groups is 1. The van der Waals surface area contributed by atoms with E-state index in [-0.39, 0.29) is 5.22 Å². The zero-order valence-corrected chi connectivity index (χ0v) is 16.2. The van der Waals surface area contributed by atoms with E-state index in [1.54, 1.807) is 18.3 Å². The number of thioether (sulfide) groups is 1. The zero-order chi connectivity index (χ0) is 20.2. The molecule has 0 aliphatic heterocycles. The van der Waals surface area contributed by atoms with Crippen LogP contribution in [0.4, 0.5) is 4.79 Å². The first kappa shape index (κ1) is 18.8. The minimum absolute atomic E-state index is 0.228. The Labute approximate surface area is 170 Å². The number of aromatic amines is 1. The van der Waals surface area contributed by atoms with Crippen LogP contribution in [0, 0.1) is 0 Å². The average Bonchev–Trinajstić information content (AvgIpc) is 3.39. The van der Waals surface area contributed by atoms with Gasteiger partial charge in [-0.15, -0.1) is 10.2 Å². The van der Waals surface area contributed by atoms with Gasteiger partial charge in [0.1, 0.15) is 5.25 Å². The summed E-state index contributed by atoms with van der Waals surface area (Å²) in [5.74, 6) is -0.129. The van der Waals surface area contributed by atoms with Gasteiger partial charge in [-0.3, -0.25) is 10.1 Å². The number of para-hydroxylation sites is 1. The molecule has 0 saturated carbocycles. The van der Waals surface area contributed by atoms with Crippen LogP contribution in [0.2, 0.25) is 0 Å². The average molecular weight is 407 g/mol. The third kappa shape index (κ3) is 3.99. The number of nitrogens with one attached hydrogen (secondary N) is 3. The molecule has 0 unspecified atom stereocenters. The molecule has 1 atom stereocenters. The van der Waals surface area contributed by atoms with E-state index >= 15 is 0 Å². The lowest BCUT2D eigenvalue weighted by molar-refractivity contribution is -0.119. The Bertz CT molecular complexity index is 1160. The quantitative estimate of drug-likeness (QED) is 0.437. The molecule has 4 aromatic rings. The van der Waals surface area contributed by atoms with Crippen LogP contribution < -0.4 is 10.6 Å². The molecule has 146 valence electrons. The molecular weight excluding hydrogens is 390 g/mol. The van der Waals surface area contributed by atoms with Crippen LogP contribution in [0.5, 0.6) is 0 Å². The SMILES string of the molecule is CNC(=O)NC(=O)[C@@H](Sc1nnc(-c2c[nH]c3ccccc23)o1)c1ccccc1. The van der Waals surface area contributed by atoms with Crippen molar-refractivity contribution in [2.45, 2.75) is 10.5 Å². The molecule has 2 aromatic heterocycles. The van der Waals surface area contributed by atoms with Crippen molar-refractivity contribution in [3.63, 3.8) is 0 Å². The van der Waals surface area contributed by atoms with E-state index in [1.807, 2.05) is 42.5 Å². The zero-order valence-electron chi connectivity index (χ0n) is 15.4. The van der Waals surface area contributed by atoms with Crippen LogP contribution in [0.25, 0.3) is 22.4 Å². The maximum atomic E-state index is 12.6. The number of H-pyrrole nitrogens is 1. The Morgan fingerprint density at radius 2 is 1.83 bits per heavy atom. The van der Waals surface area contributed by atoms with Gasteiger partial charge in [-0.05, 0) is 23.4 Å². The van der Waals surface area contributed by atoms with Crippen molar-refractivity contribution in [1.82, 2.24) is 25.8 Å². The minimum Gasteiger partial charge on any atom is -0.411 e. The van der Waals surface area contributed by atoms with E-state index in [4.69, 9.17) is 4.42 Å².